The Labute approximate surface area is 180 Å². The minimum atomic E-state index is 0. The summed E-state index contributed by atoms with van der Waals surface area (Å²) in [4.78, 5) is 4.65. The molecule has 0 aliphatic heterocycles. The van der Waals surface area contributed by atoms with Crippen LogP contribution in [0.3, 0.4) is 0 Å². The van der Waals surface area contributed by atoms with Crippen molar-refractivity contribution >= 4 is 45.9 Å². The van der Waals surface area contributed by atoms with Crippen molar-refractivity contribution in [1.82, 2.24) is 25.4 Å². The normalized spacial score (nSPS) is 11.0. The van der Waals surface area contributed by atoms with Gasteiger partial charge in [-0.15, -0.1) is 34.2 Å². The SMILES string of the molecule is CCNC(=NCc1cc(Br)ccc1OC)NCCn1cnnc1CC.I. The number of guanidine groups is 1. The molecule has 1 heterocycles. The Balaban J connectivity index is 0.00000338. The molecule has 2 N–H and O–H groups in total. The first-order chi connectivity index (χ1) is 12.2. The van der Waals surface area contributed by atoms with Gasteiger partial charge in [-0.3, -0.25) is 0 Å². The van der Waals surface area contributed by atoms with Crippen LogP contribution in [0.25, 0.3) is 0 Å². The summed E-state index contributed by atoms with van der Waals surface area (Å²) in [6.45, 7) is 6.99. The number of aliphatic imine (C=N–C) groups is 1. The second kappa shape index (κ2) is 12.1. The lowest BCUT2D eigenvalue weighted by Crippen LogP contribution is -2.38. The third-order valence-corrected chi connectivity index (χ3v) is 4.14. The van der Waals surface area contributed by atoms with E-state index in [4.69, 9.17) is 4.74 Å². The van der Waals surface area contributed by atoms with Gasteiger partial charge < -0.3 is 19.9 Å². The van der Waals surface area contributed by atoms with Gasteiger partial charge in [0, 0.05) is 36.1 Å². The number of aromatic nitrogens is 3. The van der Waals surface area contributed by atoms with E-state index in [0.29, 0.717) is 6.54 Å². The maximum absolute atomic E-state index is 5.40. The molecule has 0 bridgehead atoms. The van der Waals surface area contributed by atoms with Crippen LogP contribution in [-0.4, -0.2) is 40.9 Å². The topological polar surface area (TPSA) is 76.4 Å². The van der Waals surface area contributed by atoms with E-state index < -0.39 is 0 Å². The van der Waals surface area contributed by atoms with E-state index in [1.54, 1.807) is 13.4 Å². The third kappa shape index (κ3) is 6.75. The molecule has 0 aliphatic carbocycles. The second-order valence-corrected chi connectivity index (χ2v) is 6.29. The molecule has 26 heavy (non-hydrogen) atoms. The summed E-state index contributed by atoms with van der Waals surface area (Å²) in [5, 5.41) is 14.6. The van der Waals surface area contributed by atoms with Crippen molar-refractivity contribution in [3.05, 3.63) is 40.4 Å². The first-order valence-electron chi connectivity index (χ1n) is 8.39. The summed E-state index contributed by atoms with van der Waals surface area (Å²) in [6, 6.07) is 5.92. The van der Waals surface area contributed by atoms with Crippen molar-refractivity contribution in [1.29, 1.82) is 0 Å². The molecule has 0 unspecified atom stereocenters. The molecule has 0 fully saturated rings. The number of rotatable bonds is 8. The summed E-state index contributed by atoms with van der Waals surface area (Å²) in [5.41, 5.74) is 1.03. The maximum Gasteiger partial charge on any atom is 0.191 e. The van der Waals surface area contributed by atoms with Crippen molar-refractivity contribution in [2.75, 3.05) is 20.2 Å². The largest absolute Gasteiger partial charge is 0.496 e. The fraction of sp³-hybridized carbons (Fsp3) is 0.471. The van der Waals surface area contributed by atoms with Crippen LogP contribution in [0.5, 0.6) is 5.75 Å². The Kier molecular flexibility index (Phi) is 10.6. The minimum absolute atomic E-state index is 0. The maximum atomic E-state index is 5.40. The predicted octanol–water partition coefficient (Wildman–Crippen LogP) is 2.98. The quantitative estimate of drug-likeness (QED) is 0.308. The van der Waals surface area contributed by atoms with Crippen molar-refractivity contribution < 1.29 is 4.74 Å². The summed E-state index contributed by atoms with van der Waals surface area (Å²) in [7, 11) is 1.67. The van der Waals surface area contributed by atoms with Crippen molar-refractivity contribution in [2.24, 2.45) is 4.99 Å². The molecule has 9 heteroatoms. The van der Waals surface area contributed by atoms with E-state index in [9.17, 15) is 0 Å². The average molecular weight is 537 g/mol. The van der Waals surface area contributed by atoms with Gasteiger partial charge in [0.1, 0.15) is 17.9 Å². The van der Waals surface area contributed by atoms with Crippen molar-refractivity contribution in [3.8, 4) is 5.75 Å². The Hall–Kier alpha value is -1.36. The second-order valence-electron chi connectivity index (χ2n) is 5.37. The van der Waals surface area contributed by atoms with Crippen molar-refractivity contribution in [2.45, 2.75) is 33.4 Å². The van der Waals surface area contributed by atoms with Gasteiger partial charge in [-0.05, 0) is 25.1 Å². The van der Waals surface area contributed by atoms with Gasteiger partial charge in [-0.25, -0.2) is 4.99 Å². The molecular weight excluding hydrogens is 511 g/mol. The van der Waals surface area contributed by atoms with Gasteiger partial charge in [-0.2, -0.15) is 0 Å². The minimum Gasteiger partial charge on any atom is -0.496 e. The molecule has 2 rings (SSSR count). The van der Waals surface area contributed by atoms with Gasteiger partial charge in [0.05, 0.1) is 13.7 Å². The molecule has 0 atom stereocenters. The van der Waals surface area contributed by atoms with Gasteiger partial charge >= 0.3 is 0 Å². The monoisotopic (exact) mass is 536 g/mol. The van der Waals surface area contributed by atoms with E-state index in [2.05, 4.69) is 48.7 Å². The van der Waals surface area contributed by atoms with Gasteiger partial charge in [0.2, 0.25) is 0 Å². The van der Waals surface area contributed by atoms with Crippen LogP contribution in [0.15, 0.2) is 34.0 Å². The Morgan fingerprint density at radius 3 is 2.81 bits per heavy atom. The van der Waals surface area contributed by atoms with E-state index in [0.717, 1.165) is 53.6 Å². The molecule has 2 aromatic rings. The molecule has 1 aromatic heterocycles. The molecule has 0 saturated carbocycles. The highest BCUT2D eigenvalue weighted by molar-refractivity contribution is 14.0. The van der Waals surface area contributed by atoms with Crippen molar-refractivity contribution in [3.63, 3.8) is 0 Å². The summed E-state index contributed by atoms with van der Waals surface area (Å²) in [5.74, 6) is 2.60. The summed E-state index contributed by atoms with van der Waals surface area (Å²) in [6.07, 6.45) is 2.63. The first-order valence-corrected chi connectivity index (χ1v) is 9.18. The van der Waals surface area contributed by atoms with Crippen LogP contribution < -0.4 is 15.4 Å². The lowest BCUT2D eigenvalue weighted by molar-refractivity contribution is 0.409. The number of aryl methyl sites for hydroxylation is 1. The number of nitrogens with one attached hydrogen (secondary N) is 2. The zero-order valence-corrected chi connectivity index (χ0v) is 19.2. The molecule has 144 valence electrons. The Morgan fingerprint density at radius 2 is 2.12 bits per heavy atom. The fourth-order valence-corrected chi connectivity index (χ4v) is 2.82. The van der Waals surface area contributed by atoms with Crippen LogP contribution in [0.2, 0.25) is 0 Å². The Bertz CT molecular complexity index is 706. The first kappa shape index (κ1) is 22.7. The molecule has 0 spiro atoms. The highest BCUT2D eigenvalue weighted by Crippen LogP contribution is 2.23. The lowest BCUT2D eigenvalue weighted by Gasteiger charge is -2.13. The van der Waals surface area contributed by atoms with E-state index in [1.165, 1.54) is 0 Å². The molecule has 1 aromatic carbocycles. The third-order valence-electron chi connectivity index (χ3n) is 3.65. The number of halogens is 2. The molecule has 0 amide bonds. The van der Waals surface area contributed by atoms with Crippen LogP contribution in [0, 0.1) is 0 Å². The number of methoxy groups -OCH3 is 1. The van der Waals surface area contributed by atoms with E-state index >= 15 is 0 Å². The molecular formula is C17H26BrIN6O. The zero-order chi connectivity index (χ0) is 18.1. The van der Waals surface area contributed by atoms with Crippen LogP contribution in [0.1, 0.15) is 25.2 Å². The van der Waals surface area contributed by atoms with E-state index in [-0.39, 0.29) is 24.0 Å². The van der Waals surface area contributed by atoms with E-state index in [1.807, 2.05) is 29.7 Å². The fourth-order valence-electron chi connectivity index (χ4n) is 2.41. The van der Waals surface area contributed by atoms with Crippen LogP contribution in [-0.2, 0) is 19.5 Å². The zero-order valence-electron chi connectivity index (χ0n) is 15.3. The standard InChI is InChI=1S/C17H25BrN6O.HI/c1-4-16-23-22-12-24(16)9-8-20-17(19-5-2)21-11-13-10-14(18)6-7-15(13)25-3;/h6-7,10,12H,4-5,8-9,11H2,1-3H3,(H2,19,20,21);1H. The smallest absolute Gasteiger partial charge is 0.191 e. The number of benzene rings is 1. The van der Waals surface area contributed by atoms with Gasteiger partial charge in [0.15, 0.2) is 5.96 Å². The molecule has 7 nitrogen and oxygen atoms in total. The summed E-state index contributed by atoms with van der Waals surface area (Å²) < 4.78 is 8.46. The van der Waals surface area contributed by atoms with Crippen LogP contribution in [0.4, 0.5) is 0 Å². The van der Waals surface area contributed by atoms with Gasteiger partial charge in [-0.1, -0.05) is 22.9 Å². The number of nitrogens with zero attached hydrogens (tertiary/aromatic N) is 4. The Morgan fingerprint density at radius 1 is 1.31 bits per heavy atom. The number of hydrogen-bond donors (Lipinski definition) is 2. The molecule has 0 radical (unpaired) electrons. The molecule has 0 saturated heterocycles. The lowest BCUT2D eigenvalue weighted by atomic mass is 10.2. The van der Waals surface area contributed by atoms with Crippen LogP contribution >= 0.6 is 39.9 Å². The highest BCUT2D eigenvalue weighted by Gasteiger charge is 2.05. The van der Waals surface area contributed by atoms with Gasteiger partial charge in [0.25, 0.3) is 0 Å². The number of ether oxygens (including phenoxy) is 1. The highest BCUT2D eigenvalue weighted by atomic mass is 127. The summed E-state index contributed by atoms with van der Waals surface area (Å²) >= 11 is 3.49. The predicted molar refractivity (Wildman–Crippen MR) is 118 cm³/mol. The number of hydrogen-bond acceptors (Lipinski definition) is 4. The average Bonchev–Trinajstić information content (AvgIpc) is 3.07. The molecule has 0 aliphatic rings.